The monoisotopic (exact) mass is 336 g/mol. The molecule has 126 valence electrons. The van der Waals surface area contributed by atoms with Crippen molar-refractivity contribution in [2.75, 3.05) is 0 Å². The van der Waals surface area contributed by atoms with Crippen LogP contribution in [0.1, 0.15) is 110 Å². The molecule has 0 fully saturated rings. The molecule has 0 N–H and O–H groups in total. The maximum absolute atomic E-state index is 10.2. The van der Waals surface area contributed by atoms with Gasteiger partial charge in [-0.05, 0) is 18.8 Å². The average Bonchev–Trinajstić information content (AvgIpc) is 2.46. The van der Waals surface area contributed by atoms with Crippen molar-refractivity contribution in [1.29, 1.82) is 0 Å². The molecule has 0 aromatic heterocycles. The van der Waals surface area contributed by atoms with E-state index in [2.05, 4.69) is 13.8 Å². The van der Waals surface area contributed by atoms with Crippen molar-refractivity contribution in [2.45, 2.75) is 110 Å². The summed E-state index contributed by atoms with van der Waals surface area (Å²) in [5.74, 6) is 0.0101. The number of hydrogen-bond donors (Lipinski definition) is 0. The third-order valence-electron chi connectivity index (χ3n) is 4.52. The summed E-state index contributed by atoms with van der Waals surface area (Å²) in [6.07, 6.45) is 18.4. The van der Waals surface area contributed by atoms with Gasteiger partial charge in [0.2, 0.25) is 0 Å². The Morgan fingerprint density at radius 3 is 1.50 bits per heavy atom. The van der Waals surface area contributed by atoms with Gasteiger partial charge in [0.1, 0.15) is 0 Å². The number of aliphatic carboxylic acids is 1. The Bertz CT molecular complexity index is 231. The van der Waals surface area contributed by atoms with Gasteiger partial charge in [0.25, 0.3) is 0 Å². The zero-order chi connectivity index (χ0) is 15.8. The fraction of sp³-hybridized carbons (Fsp3) is 0.947. The number of carbonyl (C=O) groups excluding carboxylic acids is 1. The van der Waals surface area contributed by atoms with E-state index >= 15 is 0 Å². The van der Waals surface area contributed by atoms with Gasteiger partial charge < -0.3 is 9.90 Å². The van der Waals surface area contributed by atoms with Gasteiger partial charge in [0.15, 0.2) is 0 Å². The Morgan fingerprint density at radius 2 is 1.14 bits per heavy atom. The molecule has 0 aliphatic heterocycles. The van der Waals surface area contributed by atoms with Gasteiger partial charge in [0.05, 0.1) is 0 Å². The molecule has 1 unspecified atom stereocenters. The summed E-state index contributed by atoms with van der Waals surface area (Å²) in [5, 5.41) is 10.2. The Labute approximate surface area is 181 Å². The zero-order valence-electron chi connectivity index (χ0n) is 15.5. The average molecular weight is 337 g/mol. The first-order valence-corrected chi connectivity index (χ1v) is 9.36. The second-order valence-electron chi connectivity index (χ2n) is 6.67. The third kappa shape index (κ3) is 21.1. The molecule has 0 radical (unpaired) electrons. The van der Waals surface area contributed by atoms with Crippen molar-refractivity contribution in [1.82, 2.24) is 0 Å². The van der Waals surface area contributed by atoms with Crippen LogP contribution in [0.25, 0.3) is 0 Å². The number of carboxylic acid groups (broad SMARTS) is 1. The summed E-state index contributed by atoms with van der Waals surface area (Å²) in [4.78, 5) is 10.2. The molecule has 0 rings (SSSR count). The van der Waals surface area contributed by atoms with Crippen LogP contribution >= 0.6 is 0 Å². The second-order valence-corrected chi connectivity index (χ2v) is 6.67. The van der Waals surface area contributed by atoms with E-state index in [0.29, 0.717) is 0 Å². The Morgan fingerprint density at radius 1 is 0.773 bits per heavy atom. The molecule has 3 heteroatoms. The molecule has 0 saturated heterocycles. The number of rotatable bonds is 16. The number of hydrogen-bond acceptors (Lipinski definition) is 2. The van der Waals surface area contributed by atoms with E-state index in [0.717, 1.165) is 18.8 Å². The minimum Gasteiger partial charge on any atom is -0.550 e. The van der Waals surface area contributed by atoms with Crippen LogP contribution in [0.2, 0.25) is 0 Å². The van der Waals surface area contributed by atoms with Gasteiger partial charge in [0, 0.05) is 5.97 Å². The van der Waals surface area contributed by atoms with E-state index in [1.807, 2.05) is 0 Å². The summed E-state index contributed by atoms with van der Waals surface area (Å²) < 4.78 is 0. The fourth-order valence-corrected chi connectivity index (χ4v) is 2.73. The molecular formula is C19H37KO2. The normalized spacial score (nSPS) is 11.9. The van der Waals surface area contributed by atoms with Crippen LogP contribution in [0.5, 0.6) is 0 Å². The van der Waals surface area contributed by atoms with Crippen LogP contribution in [0.3, 0.4) is 0 Å². The van der Waals surface area contributed by atoms with Crippen LogP contribution < -0.4 is 56.5 Å². The molecule has 0 aliphatic rings. The molecule has 0 aliphatic carbocycles. The topological polar surface area (TPSA) is 40.1 Å². The van der Waals surface area contributed by atoms with E-state index in [4.69, 9.17) is 0 Å². The standard InChI is InChI=1S/C19H38O2.K/c1-3-18(2)16-14-12-10-8-6-4-5-7-9-11-13-15-17-19(20)21;/h18H,3-17H2,1-2H3,(H,20,21);/q;+1/p-1. The number of carboxylic acids is 1. The minimum absolute atomic E-state index is 0. The van der Waals surface area contributed by atoms with Crippen LogP contribution in [-0.4, -0.2) is 5.97 Å². The van der Waals surface area contributed by atoms with E-state index in [-0.39, 0.29) is 57.8 Å². The third-order valence-corrected chi connectivity index (χ3v) is 4.52. The first-order chi connectivity index (χ1) is 10.2. The summed E-state index contributed by atoms with van der Waals surface area (Å²) in [7, 11) is 0. The van der Waals surface area contributed by atoms with E-state index in [9.17, 15) is 9.90 Å². The molecule has 22 heavy (non-hydrogen) atoms. The van der Waals surface area contributed by atoms with Gasteiger partial charge in [-0.2, -0.15) is 0 Å². The molecular weight excluding hydrogens is 299 g/mol. The van der Waals surface area contributed by atoms with Crippen LogP contribution in [0.4, 0.5) is 0 Å². The Kier molecular flexibility index (Phi) is 23.2. The predicted octanol–water partition coefficient (Wildman–Crippen LogP) is 2.25. The molecule has 0 amide bonds. The summed E-state index contributed by atoms with van der Waals surface area (Å²) in [5.41, 5.74) is 0. The Hall–Kier alpha value is 1.11. The Balaban J connectivity index is 0. The maximum atomic E-state index is 10.2. The molecule has 0 aromatic rings. The summed E-state index contributed by atoms with van der Waals surface area (Å²) >= 11 is 0. The van der Waals surface area contributed by atoms with Crippen molar-refractivity contribution in [3.8, 4) is 0 Å². The van der Waals surface area contributed by atoms with Gasteiger partial charge in [-0.15, -0.1) is 0 Å². The summed E-state index contributed by atoms with van der Waals surface area (Å²) in [6.45, 7) is 4.65. The fourth-order valence-electron chi connectivity index (χ4n) is 2.73. The number of carbonyl (C=O) groups is 1. The molecule has 0 aromatic carbocycles. The molecule has 0 spiro atoms. The van der Waals surface area contributed by atoms with Gasteiger partial charge in [-0.1, -0.05) is 97.3 Å². The minimum atomic E-state index is -0.904. The van der Waals surface area contributed by atoms with Crippen molar-refractivity contribution in [2.24, 2.45) is 5.92 Å². The second kappa shape index (κ2) is 20.2. The quantitative estimate of drug-likeness (QED) is 0.320. The zero-order valence-corrected chi connectivity index (χ0v) is 18.6. The van der Waals surface area contributed by atoms with Gasteiger partial charge >= 0.3 is 51.4 Å². The van der Waals surface area contributed by atoms with E-state index in [1.54, 1.807) is 0 Å². The number of unbranched alkanes of at least 4 members (excludes halogenated alkanes) is 11. The van der Waals surface area contributed by atoms with Crippen molar-refractivity contribution >= 4 is 5.97 Å². The first-order valence-electron chi connectivity index (χ1n) is 9.36. The molecule has 2 nitrogen and oxygen atoms in total. The smallest absolute Gasteiger partial charge is 0.550 e. The molecule has 0 saturated carbocycles. The summed E-state index contributed by atoms with van der Waals surface area (Å²) in [6, 6.07) is 0. The largest absolute Gasteiger partial charge is 1.00 e. The van der Waals surface area contributed by atoms with Crippen LogP contribution in [-0.2, 0) is 4.79 Å². The molecule has 1 atom stereocenters. The van der Waals surface area contributed by atoms with Crippen molar-refractivity contribution in [3.05, 3.63) is 0 Å². The van der Waals surface area contributed by atoms with Crippen molar-refractivity contribution in [3.63, 3.8) is 0 Å². The van der Waals surface area contributed by atoms with Gasteiger partial charge in [-0.3, -0.25) is 0 Å². The van der Waals surface area contributed by atoms with E-state index < -0.39 is 5.97 Å². The molecule has 0 heterocycles. The first kappa shape index (κ1) is 25.3. The predicted molar refractivity (Wildman–Crippen MR) is 89.1 cm³/mol. The SMILES string of the molecule is CCC(C)CCCCCCCCCCCCCCC(=O)[O-].[K+]. The maximum Gasteiger partial charge on any atom is 1.00 e. The van der Waals surface area contributed by atoms with Gasteiger partial charge in [-0.25, -0.2) is 0 Å². The van der Waals surface area contributed by atoms with Crippen LogP contribution in [0.15, 0.2) is 0 Å². The van der Waals surface area contributed by atoms with E-state index in [1.165, 1.54) is 77.0 Å². The van der Waals surface area contributed by atoms with Crippen molar-refractivity contribution < 1.29 is 61.3 Å². The van der Waals surface area contributed by atoms with Crippen LogP contribution in [0, 0.1) is 5.92 Å². The molecule has 0 bridgehead atoms.